The zero-order valence-electron chi connectivity index (χ0n) is 12.0. The standard InChI is InChI=1S/C16H22N2O2/c1-20-15-6-4-14(5-7-15)18-9-8-12(11-18)10-17-16(19)13-2-3-13/h4-7,12-13H,2-3,8-11H2,1H3,(H,17,19). The van der Waals surface area contributed by atoms with Crippen LogP contribution in [0.4, 0.5) is 5.69 Å². The van der Waals surface area contributed by atoms with Crippen LogP contribution in [-0.4, -0.2) is 32.7 Å². The highest BCUT2D eigenvalue weighted by Gasteiger charge is 2.30. The molecule has 1 aromatic carbocycles. The van der Waals surface area contributed by atoms with Crippen molar-refractivity contribution in [3.05, 3.63) is 24.3 Å². The van der Waals surface area contributed by atoms with Gasteiger partial charge < -0.3 is 15.0 Å². The van der Waals surface area contributed by atoms with E-state index in [-0.39, 0.29) is 5.91 Å². The third-order valence-electron chi connectivity index (χ3n) is 4.24. The number of anilines is 1. The highest BCUT2D eigenvalue weighted by atomic mass is 16.5. The monoisotopic (exact) mass is 274 g/mol. The number of amides is 1. The van der Waals surface area contributed by atoms with Gasteiger partial charge in [-0.3, -0.25) is 4.79 Å². The minimum absolute atomic E-state index is 0.257. The molecule has 2 fully saturated rings. The maximum Gasteiger partial charge on any atom is 0.223 e. The normalized spacial score (nSPS) is 21.9. The summed E-state index contributed by atoms with van der Waals surface area (Å²) in [5, 5.41) is 3.09. The Morgan fingerprint density at radius 3 is 2.70 bits per heavy atom. The van der Waals surface area contributed by atoms with E-state index in [1.807, 2.05) is 12.1 Å². The first kappa shape index (κ1) is 13.3. The third-order valence-corrected chi connectivity index (χ3v) is 4.24. The van der Waals surface area contributed by atoms with Crippen LogP contribution < -0.4 is 15.0 Å². The molecule has 3 rings (SSSR count). The fourth-order valence-corrected chi connectivity index (χ4v) is 2.76. The summed E-state index contributed by atoms with van der Waals surface area (Å²) in [6, 6.07) is 8.20. The molecule has 1 atom stereocenters. The summed E-state index contributed by atoms with van der Waals surface area (Å²) < 4.78 is 5.18. The number of nitrogens with zero attached hydrogens (tertiary/aromatic N) is 1. The van der Waals surface area contributed by atoms with E-state index in [9.17, 15) is 4.79 Å². The Hall–Kier alpha value is -1.71. The Bertz CT molecular complexity index is 468. The van der Waals surface area contributed by atoms with Crippen LogP contribution in [0.1, 0.15) is 19.3 Å². The molecule has 1 aromatic rings. The quantitative estimate of drug-likeness (QED) is 0.893. The molecule has 4 heteroatoms. The van der Waals surface area contributed by atoms with Crippen LogP contribution >= 0.6 is 0 Å². The van der Waals surface area contributed by atoms with Gasteiger partial charge in [0.25, 0.3) is 0 Å². The SMILES string of the molecule is COc1ccc(N2CCC(CNC(=O)C3CC3)C2)cc1. The summed E-state index contributed by atoms with van der Waals surface area (Å²) >= 11 is 0. The van der Waals surface area contributed by atoms with Crippen LogP contribution in [0.15, 0.2) is 24.3 Å². The summed E-state index contributed by atoms with van der Waals surface area (Å²) in [5.74, 6) is 2.03. The second-order valence-electron chi connectivity index (χ2n) is 5.82. The van der Waals surface area contributed by atoms with Gasteiger partial charge in [0.05, 0.1) is 7.11 Å². The number of carbonyl (C=O) groups excluding carboxylic acids is 1. The minimum Gasteiger partial charge on any atom is -0.497 e. The molecule has 0 aromatic heterocycles. The number of carbonyl (C=O) groups is 1. The first-order valence-corrected chi connectivity index (χ1v) is 7.43. The fourth-order valence-electron chi connectivity index (χ4n) is 2.76. The van der Waals surface area contributed by atoms with Gasteiger partial charge in [-0.05, 0) is 49.4 Å². The summed E-state index contributed by atoms with van der Waals surface area (Å²) in [7, 11) is 1.68. The van der Waals surface area contributed by atoms with Crippen molar-refractivity contribution in [2.75, 3.05) is 31.6 Å². The lowest BCUT2D eigenvalue weighted by atomic mass is 10.1. The molecule has 1 saturated carbocycles. The predicted octanol–water partition coefficient (Wildman–Crippen LogP) is 2.05. The minimum atomic E-state index is 0.257. The van der Waals surface area contributed by atoms with Crippen molar-refractivity contribution < 1.29 is 9.53 Å². The lowest BCUT2D eigenvalue weighted by Crippen LogP contribution is -2.31. The number of ether oxygens (including phenoxy) is 1. The number of hydrogen-bond acceptors (Lipinski definition) is 3. The first-order chi connectivity index (χ1) is 9.76. The Kier molecular flexibility index (Phi) is 3.81. The van der Waals surface area contributed by atoms with Crippen LogP contribution in [0, 0.1) is 11.8 Å². The molecule has 0 bridgehead atoms. The second kappa shape index (κ2) is 5.73. The van der Waals surface area contributed by atoms with Gasteiger partial charge in [0, 0.05) is 31.2 Å². The van der Waals surface area contributed by atoms with Crippen LogP contribution in [0.5, 0.6) is 5.75 Å². The zero-order chi connectivity index (χ0) is 13.9. The lowest BCUT2D eigenvalue weighted by molar-refractivity contribution is -0.122. The molecule has 0 spiro atoms. The average molecular weight is 274 g/mol. The van der Waals surface area contributed by atoms with Crippen molar-refractivity contribution in [1.29, 1.82) is 0 Å². The van der Waals surface area contributed by atoms with Crippen molar-refractivity contribution in [3.8, 4) is 5.75 Å². The summed E-state index contributed by atoms with van der Waals surface area (Å²) in [6.07, 6.45) is 3.31. The van der Waals surface area contributed by atoms with E-state index in [0.717, 1.165) is 44.6 Å². The molecule has 2 aliphatic rings. The number of rotatable bonds is 5. The maximum atomic E-state index is 11.6. The highest BCUT2D eigenvalue weighted by molar-refractivity contribution is 5.80. The first-order valence-electron chi connectivity index (χ1n) is 7.43. The Morgan fingerprint density at radius 2 is 2.05 bits per heavy atom. The Balaban J connectivity index is 1.49. The van der Waals surface area contributed by atoms with Crippen LogP contribution in [0.25, 0.3) is 0 Å². The van der Waals surface area contributed by atoms with Crippen LogP contribution in [0.3, 0.4) is 0 Å². The van der Waals surface area contributed by atoms with Crippen LogP contribution in [-0.2, 0) is 4.79 Å². The molecular formula is C16H22N2O2. The van der Waals surface area contributed by atoms with Crippen molar-refractivity contribution in [2.45, 2.75) is 19.3 Å². The maximum absolute atomic E-state index is 11.6. The summed E-state index contributed by atoms with van der Waals surface area (Å²) in [6.45, 7) is 2.91. The molecule has 4 nitrogen and oxygen atoms in total. The topological polar surface area (TPSA) is 41.6 Å². The summed E-state index contributed by atoms with van der Waals surface area (Å²) in [4.78, 5) is 14.0. The van der Waals surface area contributed by atoms with Gasteiger partial charge in [0.2, 0.25) is 5.91 Å². The van der Waals surface area contributed by atoms with E-state index < -0.39 is 0 Å². The van der Waals surface area contributed by atoms with Crippen LogP contribution in [0.2, 0.25) is 0 Å². The van der Waals surface area contributed by atoms with E-state index >= 15 is 0 Å². The number of nitrogens with one attached hydrogen (secondary N) is 1. The fraction of sp³-hybridized carbons (Fsp3) is 0.562. The van der Waals surface area contributed by atoms with Gasteiger partial charge in [-0.1, -0.05) is 0 Å². The Labute approximate surface area is 120 Å². The Morgan fingerprint density at radius 1 is 1.30 bits per heavy atom. The molecule has 1 saturated heterocycles. The molecule has 108 valence electrons. The van der Waals surface area contributed by atoms with Crippen molar-refractivity contribution >= 4 is 11.6 Å². The summed E-state index contributed by atoms with van der Waals surface area (Å²) in [5.41, 5.74) is 1.24. The molecule has 0 radical (unpaired) electrons. The second-order valence-corrected chi connectivity index (χ2v) is 5.82. The van der Waals surface area contributed by atoms with E-state index in [1.54, 1.807) is 7.11 Å². The predicted molar refractivity (Wildman–Crippen MR) is 79.0 cm³/mol. The number of hydrogen-bond donors (Lipinski definition) is 1. The van der Waals surface area contributed by atoms with Gasteiger partial charge in [0.15, 0.2) is 0 Å². The third kappa shape index (κ3) is 3.06. The zero-order valence-corrected chi connectivity index (χ0v) is 12.0. The molecule has 20 heavy (non-hydrogen) atoms. The van der Waals surface area contributed by atoms with Gasteiger partial charge in [-0.15, -0.1) is 0 Å². The molecule has 1 aliphatic carbocycles. The smallest absolute Gasteiger partial charge is 0.223 e. The van der Waals surface area contributed by atoms with Gasteiger partial charge in [0.1, 0.15) is 5.75 Å². The number of methoxy groups -OCH3 is 1. The average Bonchev–Trinajstić information content (AvgIpc) is 3.24. The van der Waals surface area contributed by atoms with Crippen molar-refractivity contribution in [1.82, 2.24) is 5.32 Å². The van der Waals surface area contributed by atoms with E-state index in [0.29, 0.717) is 11.8 Å². The van der Waals surface area contributed by atoms with Gasteiger partial charge >= 0.3 is 0 Å². The molecule has 1 unspecified atom stereocenters. The van der Waals surface area contributed by atoms with E-state index in [4.69, 9.17) is 4.74 Å². The highest BCUT2D eigenvalue weighted by Crippen LogP contribution is 2.29. The van der Waals surface area contributed by atoms with Gasteiger partial charge in [-0.2, -0.15) is 0 Å². The van der Waals surface area contributed by atoms with E-state index in [2.05, 4.69) is 22.3 Å². The lowest BCUT2D eigenvalue weighted by Gasteiger charge is -2.19. The molecule has 1 heterocycles. The van der Waals surface area contributed by atoms with Gasteiger partial charge in [-0.25, -0.2) is 0 Å². The molecule has 1 aliphatic heterocycles. The molecule has 1 amide bonds. The number of benzene rings is 1. The van der Waals surface area contributed by atoms with Crippen molar-refractivity contribution in [2.24, 2.45) is 11.8 Å². The molecule has 1 N–H and O–H groups in total. The van der Waals surface area contributed by atoms with Crippen molar-refractivity contribution in [3.63, 3.8) is 0 Å². The van der Waals surface area contributed by atoms with E-state index in [1.165, 1.54) is 5.69 Å². The molecular weight excluding hydrogens is 252 g/mol. The largest absolute Gasteiger partial charge is 0.497 e.